The average molecular weight is 344 g/mol. The van der Waals surface area contributed by atoms with Crippen LogP contribution in [0.25, 0.3) is 0 Å². The summed E-state index contributed by atoms with van der Waals surface area (Å²) in [6, 6.07) is 12.7. The van der Waals surface area contributed by atoms with E-state index < -0.39 is 0 Å². The number of nitrogens with one attached hydrogen (secondary N) is 1. The number of anilines is 1. The van der Waals surface area contributed by atoms with E-state index in [2.05, 4.69) is 5.32 Å². The van der Waals surface area contributed by atoms with Crippen LogP contribution in [0.1, 0.15) is 12.8 Å². The number of methoxy groups -OCH3 is 1. The molecule has 132 valence electrons. The van der Waals surface area contributed by atoms with Crippen LogP contribution in [0.3, 0.4) is 0 Å². The molecule has 0 radical (unpaired) electrons. The molecule has 1 N–H and O–H groups in total. The minimum atomic E-state index is -0.307. The lowest BCUT2D eigenvalue weighted by atomic mass is 10.1. The summed E-state index contributed by atoms with van der Waals surface area (Å²) in [6.07, 6.45) is 2.03. The van der Waals surface area contributed by atoms with Gasteiger partial charge in [-0.2, -0.15) is 0 Å². The van der Waals surface area contributed by atoms with E-state index in [0.29, 0.717) is 23.7 Å². The van der Waals surface area contributed by atoms with E-state index in [4.69, 9.17) is 9.47 Å². The molecule has 0 unspecified atom stereocenters. The third-order valence-electron chi connectivity index (χ3n) is 4.15. The van der Waals surface area contributed by atoms with Crippen LogP contribution in [0.4, 0.5) is 14.9 Å². The molecule has 2 aromatic rings. The van der Waals surface area contributed by atoms with Gasteiger partial charge in [0.05, 0.1) is 6.10 Å². The monoisotopic (exact) mass is 344 g/mol. The van der Waals surface area contributed by atoms with Gasteiger partial charge >= 0.3 is 6.03 Å². The maximum absolute atomic E-state index is 12.9. The number of amides is 2. The Kier molecular flexibility index (Phi) is 5.50. The highest BCUT2D eigenvalue weighted by atomic mass is 19.1. The molecular formula is C19H21FN2O3. The molecule has 1 fully saturated rings. The van der Waals surface area contributed by atoms with E-state index >= 15 is 0 Å². The first kappa shape index (κ1) is 17.2. The van der Waals surface area contributed by atoms with Crippen LogP contribution in [0.15, 0.2) is 48.5 Å². The normalized spacial score (nSPS) is 17.2. The van der Waals surface area contributed by atoms with Crippen LogP contribution in [-0.4, -0.2) is 37.2 Å². The molecule has 1 heterocycles. The number of urea groups is 1. The molecule has 0 bridgehead atoms. The largest absolute Gasteiger partial charge is 0.457 e. The first-order valence-corrected chi connectivity index (χ1v) is 8.26. The lowest BCUT2D eigenvalue weighted by Crippen LogP contribution is -2.44. The number of ether oxygens (including phenoxy) is 2. The molecule has 6 heteroatoms. The van der Waals surface area contributed by atoms with E-state index in [-0.39, 0.29) is 18.0 Å². The third-order valence-corrected chi connectivity index (χ3v) is 4.15. The third kappa shape index (κ3) is 4.70. The van der Waals surface area contributed by atoms with Crippen molar-refractivity contribution in [1.82, 2.24) is 4.90 Å². The first-order chi connectivity index (χ1) is 12.1. The van der Waals surface area contributed by atoms with E-state index in [1.54, 1.807) is 48.4 Å². The Hall–Kier alpha value is -2.60. The van der Waals surface area contributed by atoms with Crippen LogP contribution in [0.5, 0.6) is 11.5 Å². The van der Waals surface area contributed by atoms with Crippen molar-refractivity contribution >= 4 is 11.7 Å². The summed E-state index contributed by atoms with van der Waals surface area (Å²) >= 11 is 0. The number of hydrogen-bond donors (Lipinski definition) is 1. The van der Waals surface area contributed by atoms with Gasteiger partial charge in [-0.1, -0.05) is 0 Å². The zero-order chi connectivity index (χ0) is 17.6. The van der Waals surface area contributed by atoms with Gasteiger partial charge < -0.3 is 19.7 Å². The van der Waals surface area contributed by atoms with Crippen molar-refractivity contribution in [2.45, 2.75) is 18.9 Å². The quantitative estimate of drug-likeness (QED) is 0.901. The van der Waals surface area contributed by atoms with Crippen LogP contribution in [-0.2, 0) is 4.74 Å². The molecule has 2 amide bonds. The Morgan fingerprint density at radius 1 is 1.12 bits per heavy atom. The molecule has 0 aromatic heterocycles. The standard InChI is InChI=1S/C19H21FN2O3/c1-24-18-3-2-12-22(13-18)19(23)21-15-6-10-17(11-7-15)25-16-8-4-14(20)5-9-16/h4-11,18H,2-3,12-13H2,1H3,(H,21,23)/t18-/m1/s1. The lowest BCUT2D eigenvalue weighted by molar-refractivity contribution is 0.0458. The topological polar surface area (TPSA) is 50.8 Å². The summed E-state index contributed by atoms with van der Waals surface area (Å²) in [4.78, 5) is 14.1. The molecule has 0 saturated carbocycles. The van der Waals surface area contributed by atoms with Gasteiger partial charge in [0.25, 0.3) is 0 Å². The molecule has 1 atom stereocenters. The minimum Gasteiger partial charge on any atom is -0.457 e. The highest BCUT2D eigenvalue weighted by Crippen LogP contribution is 2.23. The first-order valence-electron chi connectivity index (χ1n) is 8.26. The number of likely N-dealkylation sites (tertiary alicyclic amines) is 1. The second kappa shape index (κ2) is 7.98. The Morgan fingerprint density at radius 3 is 2.40 bits per heavy atom. The number of rotatable bonds is 4. The molecule has 1 aliphatic rings. The fraction of sp³-hybridized carbons (Fsp3) is 0.316. The summed E-state index contributed by atoms with van der Waals surface area (Å²) in [5, 5.41) is 2.88. The zero-order valence-corrected chi connectivity index (χ0v) is 14.1. The number of carbonyl (C=O) groups is 1. The van der Waals surface area contributed by atoms with Gasteiger partial charge in [0.15, 0.2) is 0 Å². The summed E-state index contributed by atoms with van der Waals surface area (Å²) < 4.78 is 23.9. The van der Waals surface area contributed by atoms with Gasteiger partial charge in [0.1, 0.15) is 17.3 Å². The number of nitrogens with zero attached hydrogens (tertiary/aromatic N) is 1. The van der Waals surface area contributed by atoms with Crippen molar-refractivity contribution in [3.8, 4) is 11.5 Å². The molecule has 0 aliphatic carbocycles. The van der Waals surface area contributed by atoms with E-state index in [0.717, 1.165) is 19.4 Å². The van der Waals surface area contributed by atoms with Crippen molar-refractivity contribution in [2.75, 3.05) is 25.5 Å². The van der Waals surface area contributed by atoms with Crippen LogP contribution >= 0.6 is 0 Å². The van der Waals surface area contributed by atoms with Crippen molar-refractivity contribution < 1.29 is 18.7 Å². The summed E-state index contributed by atoms with van der Waals surface area (Å²) in [5.41, 5.74) is 0.691. The molecule has 1 aliphatic heterocycles. The van der Waals surface area contributed by atoms with Crippen LogP contribution in [0.2, 0.25) is 0 Å². The number of hydrogen-bond acceptors (Lipinski definition) is 3. The number of carbonyl (C=O) groups excluding carboxylic acids is 1. The molecule has 5 nitrogen and oxygen atoms in total. The van der Waals surface area contributed by atoms with Gasteiger partial charge in [-0.15, -0.1) is 0 Å². The van der Waals surface area contributed by atoms with Crippen LogP contribution < -0.4 is 10.1 Å². The summed E-state index contributed by atoms with van der Waals surface area (Å²) in [7, 11) is 1.67. The Labute approximate surface area is 146 Å². The molecule has 1 saturated heterocycles. The van der Waals surface area contributed by atoms with Gasteiger partial charge in [-0.05, 0) is 61.4 Å². The highest BCUT2D eigenvalue weighted by molar-refractivity contribution is 5.89. The molecule has 0 spiro atoms. The lowest BCUT2D eigenvalue weighted by Gasteiger charge is -2.31. The maximum Gasteiger partial charge on any atom is 0.321 e. The second-order valence-corrected chi connectivity index (χ2v) is 5.96. The number of benzene rings is 2. The molecule has 2 aromatic carbocycles. The van der Waals surface area contributed by atoms with Gasteiger partial charge in [0, 0.05) is 25.9 Å². The summed E-state index contributed by atoms with van der Waals surface area (Å²) in [5.74, 6) is 0.859. The van der Waals surface area contributed by atoms with E-state index in [1.807, 2.05) is 0 Å². The zero-order valence-electron chi connectivity index (χ0n) is 14.1. The van der Waals surface area contributed by atoms with Gasteiger partial charge in [-0.25, -0.2) is 9.18 Å². The van der Waals surface area contributed by atoms with Crippen molar-refractivity contribution in [3.63, 3.8) is 0 Å². The van der Waals surface area contributed by atoms with Crippen molar-refractivity contribution in [1.29, 1.82) is 0 Å². The maximum atomic E-state index is 12.9. The van der Waals surface area contributed by atoms with Crippen LogP contribution in [0, 0.1) is 5.82 Å². The minimum absolute atomic E-state index is 0.103. The molecular weight excluding hydrogens is 323 g/mol. The van der Waals surface area contributed by atoms with E-state index in [1.165, 1.54) is 12.1 Å². The Bertz CT molecular complexity index is 704. The van der Waals surface area contributed by atoms with Gasteiger partial charge in [0.2, 0.25) is 0 Å². The predicted octanol–water partition coefficient (Wildman–Crippen LogP) is 4.26. The van der Waals surface area contributed by atoms with Crippen molar-refractivity contribution in [2.24, 2.45) is 0 Å². The van der Waals surface area contributed by atoms with Crippen molar-refractivity contribution in [3.05, 3.63) is 54.3 Å². The Morgan fingerprint density at radius 2 is 1.76 bits per heavy atom. The molecule has 25 heavy (non-hydrogen) atoms. The summed E-state index contributed by atoms with van der Waals surface area (Å²) in [6.45, 7) is 1.34. The SMILES string of the molecule is CO[C@@H]1CCCN(C(=O)Nc2ccc(Oc3ccc(F)cc3)cc2)C1. The average Bonchev–Trinajstić information content (AvgIpc) is 2.65. The number of piperidine rings is 1. The fourth-order valence-electron chi connectivity index (χ4n) is 2.76. The predicted molar refractivity (Wildman–Crippen MR) is 93.5 cm³/mol. The number of halogens is 1. The Balaban J connectivity index is 1.56. The highest BCUT2D eigenvalue weighted by Gasteiger charge is 2.23. The smallest absolute Gasteiger partial charge is 0.321 e. The second-order valence-electron chi connectivity index (χ2n) is 5.96. The van der Waals surface area contributed by atoms with Gasteiger partial charge in [-0.3, -0.25) is 0 Å². The van der Waals surface area contributed by atoms with E-state index in [9.17, 15) is 9.18 Å². The molecule has 3 rings (SSSR count). The fourth-order valence-corrected chi connectivity index (χ4v) is 2.76.